The smallest absolute Gasteiger partial charge is 0.120 e. The van der Waals surface area contributed by atoms with Gasteiger partial charge in [0, 0.05) is 22.7 Å². The first kappa shape index (κ1) is 15.9. The Morgan fingerprint density at radius 3 is 2.47 bits per heavy atom. The van der Waals surface area contributed by atoms with Crippen molar-refractivity contribution in [2.75, 3.05) is 17.9 Å². The second kappa shape index (κ2) is 8.08. The van der Waals surface area contributed by atoms with Gasteiger partial charge in [-0.2, -0.15) is 0 Å². The highest BCUT2D eigenvalue weighted by atomic mass is 35.5. The molecule has 6 heteroatoms. The van der Waals surface area contributed by atoms with Crippen molar-refractivity contribution in [3.8, 4) is 0 Å². The minimum atomic E-state index is -1.64. The fourth-order valence-electron chi connectivity index (χ4n) is 1.12. The van der Waals surface area contributed by atoms with Crippen LogP contribution in [0.2, 0.25) is 5.02 Å². The highest BCUT2D eigenvalue weighted by Crippen LogP contribution is 2.60. The Balaban J connectivity index is 2.41. The van der Waals surface area contributed by atoms with Gasteiger partial charge in [0.1, 0.15) is 5.47 Å². The molecule has 1 unspecified atom stereocenters. The summed E-state index contributed by atoms with van der Waals surface area (Å²) in [6.45, 7) is 4.82. The van der Waals surface area contributed by atoms with E-state index in [0.29, 0.717) is 6.61 Å². The van der Waals surface area contributed by atoms with Crippen LogP contribution < -0.4 is 0 Å². The average Bonchev–Trinajstić information content (AvgIpc) is 2.32. The standard InChI is InChI=1S/C11H16ClOPS3/c1-3-13-14(15,4-2)17-9-16-11-7-5-10(12)6-8-11/h5-8H,3-4,9H2,1-2H3. The molecule has 0 aromatic heterocycles. The van der Waals surface area contributed by atoms with E-state index in [1.807, 2.05) is 31.2 Å². The highest BCUT2D eigenvalue weighted by molar-refractivity contribution is 8.70. The van der Waals surface area contributed by atoms with Crippen molar-refractivity contribution in [2.24, 2.45) is 0 Å². The summed E-state index contributed by atoms with van der Waals surface area (Å²) in [5.41, 5.74) is -1.64. The molecule has 0 bridgehead atoms. The first-order valence-corrected chi connectivity index (χ1v) is 11.2. The van der Waals surface area contributed by atoms with E-state index in [2.05, 4.69) is 6.92 Å². The molecule has 1 rings (SSSR count). The lowest BCUT2D eigenvalue weighted by Gasteiger charge is -2.18. The zero-order valence-corrected chi connectivity index (χ0v) is 14.0. The molecule has 0 heterocycles. The zero-order chi connectivity index (χ0) is 12.7. The number of halogens is 1. The van der Waals surface area contributed by atoms with E-state index in [0.717, 1.165) is 16.3 Å². The molecule has 1 atom stereocenters. The molecule has 0 saturated heterocycles. The Bertz CT molecular complexity index is 383. The molecule has 1 nitrogen and oxygen atoms in total. The summed E-state index contributed by atoms with van der Waals surface area (Å²) in [5, 5.41) is 1.71. The van der Waals surface area contributed by atoms with Crippen LogP contribution in [0.15, 0.2) is 29.2 Å². The molecule has 1 aromatic carbocycles. The first-order chi connectivity index (χ1) is 8.09. The molecular formula is C11H16ClOPS3. The quantitative estimate of drug-likeness (QED) is 0.372. The predicted molar refractivity (Wildman–Crippen MR) is 86.2 cm³/mol. The molecule has 0 saturated carbocycles. The third-order valence-corrected chi connectivity index (χ3v) is 10.8. The average molecular weight is 327 g/mol. The van der Waals surface area contributed by atoms with E-state index in [-0.39, 0.29) is 0 Å². The number of hydrogen-bond acceptors (Lipinski definition) is 4. The van der Waals surface area contributed by atoms with Crippen LogP contribution in [0.3, 0.4) is 0 Å². The monoisotopic (exact) mass is 326 g/mol. The fourth-order valence-corrected chi connectivity index (χ4v) is 8.29. The van der Waals surface area contributed by atoms with Gasteiger partial charge in [-0.25, -0.2) is 0 Å². The van der Waals surface area contributed by atoms with Gasteiger partial charge in [-0.15, -0.1) is 11.8 Å². The van der Waals surface area contributed by atoms with Crippen molar-refractivity contribution in [1.82, 2.24) is 0 Å². The van der Waals surface area contributed by atoms with E-state index in [4.69, 9.17) is 27.9 Å². The predicted octanol–water partition coefficient (Wildman–Crippen LogP) is 5.49. The third kappa shape index (κ3) is 6.00. The van der Waals surface area contributed by atoms with Crippen molar-refractivity contribution in [1.29, 1.82) is 0 Å². The first-order valence-electron chi connectivity index (χ1n) is 5.36. The van der Waals surface area contributed by atoms with E-state index < -0.39 is 5.47 Å². The van der Waals surface area contributed by atoms with Crippen molar-refractivity contribution < 1.29 is 4.52 Å². The molecular weight excluding hydrogens is 311 g/mol. The molecule has 17 heavy (non-hydrogen) atoms. The van der Waals surface area contributed by atoms with Crippen LogP contribution in [0.25, 0.3) is 0 Å². The van der Waals surface area contributed by atoms with E-state index >= 15 is 0 Å². The lowest BCUT2D eigenvalue weighted by molar-refractivity contribution is 0.385. The molecule has 0 aliphatic rings. The van der Waals surface area contributed by atoms with Gasteiger partial charge in [0.05, 0.1) is 5.08 Å². The largest absolute Gasteiger partial charge is 0.342 e. The maximum Gasteiger partial charge on any atom is 0.120 e. The van der Waals surface area contributed by atoms with E-state index in [1.54, 1.807) is 23.1 Å². The Kier molecular flexibility index (Phi) is 7.55. The van der Waals surface area contributed by atoms with Gasteiger partial charge < -0.3 is 4.52 Å². The molecule has 0 spiro atoms. The second-order valence-electron chi connectivity index (χ2n) is 3.19. The summed E-state index contributed by atoms with van der Waals surface area (Å²) in [4.78, 5) is 1.22. The van der Waals surface area contributed by atoms with Crippen LogP contribution in [0.4, 0.5) is 0 Å². The SMILES string of the molecule is CCOP(=S)(CC)SCSc1ccc(Cl)cc1. The van der Waals surface area contributed by atoms with Crippen LogP contribution >= 0.6 is 40.2 Å². The number of benzene rings is 1. The van der Waals surface area contributed by atoms with Crippen LogP contribution in [0.5, 0.6) is 0 Å². The number of rotatable bonds is 7. The van der Waals surface area contributed by atoms with Gasteiger partial charge in [0.15, 0.2) is 0 Å². The van der Waals surface area contributed by atoms with Crippen molar-refractivity contribution in [3.63, 3.8) is 0 Å². The van der Waals surface area contributed by atoms with Crippen LogP contribution in [0.1, 0.15) is 13.8 Å². The van der Waals surface area contributed by atoms with Gasteiger partial charge in [0.2, 0.25) is 0 Å². The lowest BCUT2D eigenvalue weighted by Crippen LogP contribution is -1.88. The molecule has 0 radical (unpaired) electrons. The highest BCUT2D eigenvalue weighted by Gasteiger charge is 2.14. The normalized spacial score (nSPS) is 14.5. The second-order valence-corrected chi connectivity index (χ2v) is 12.7. The summed E-state index contributed by atoms with van der Waals surface area (Å²) in [7, 11) is 0. The number of thioether (sulfide) groups is 1. The molecule has 0 aliphatic heterocycles. The summed E-state index contributed by atoms with van der Waals surface area (Å²) in [5.74, 6) is 0. The van der Waals surface area contributed by atoms with Crippen molar-refractivity contribution in [3.05, 3.63) is 29.3 Å². The molecule has 0 fully saturated rings. The Hall–Kier alpha value is 0.820. The van der Waals surface area contributed by atoms with Crippen molar-refractivity contribution >= 4 is 52.0 Å². The topological polar surface area (TPSA) is 9.23 Å². The summed E-state index contributed by atoms with van der Waals surface area (Å²) >= 11 is 15.0. The van der Waals surface area contributed by atoms with Gasteiger partial charge in [0.25, 0.3) is 0 Å². The van der Waals surface area contributed by atoms with Crippen molar-refractivity contribution in [2.45, 2.75) is 18.7 Å². The molecule has 0 aliphatic carbocycles. The summed E-state index contributed by atoms with van der Waals surface area (Å²) < 4.78 is 5.69. The molecule has 0 N–H and O–H groups in total. The molecule has 0 amide bonds. The maximum absolute atomic E-state index is 5.84. The minimum absolute atomic E-state index is 0.712. The fraction of sp³-hybridized carbons (Fsp3) is 0.455. The van der Waals surface area contributed by atoms with Gasteiger partial charge in [-0.3, -0.25) is 0 Å². The zero-order valence-electron chi connectivity index (χ0n) is 9.89. The maximum atomic E-state index is 5.84. The van der Waals surface area contributed by atoms with Crippen LogP contribution in [0, 0.1) is 0 Å². The van der Waals surface area contributed by atoms with E-state index in [1.165, 1.54) is 4.90 Å². The van der Waals surface area contributed by atoms with Gasteiger partial charge in [-0.1, -0.05) is 41.7 Å². The summed E-state index contributed by atoms with van der Waals surface area (Å²) in [6, 6.07) is 7.88. The Morgan fingerprint density at radius 1 is 1.29 bits per heavy atom. The number of hydrogen-bond donors (Lipinski definition) is 0. The Labute approximate surface area is 122 Å². The third-order valence-electron chi connectivity index (χ3n) is 2.00. The van der Waals surface area contributed by atoms with E-state index in [9.17, 15) is 0 Å². The Morgan fingerprint density at radius 2 is 1.94 bits per heavy atom. The lowest BCUT2D eigenvalue weighted by atomic mass is 10.4. The van der Waals surface area contributed by atoms with Crippen LogP contribution in [-0.2, 0) is 16.3 Å². The van der Waals surface area contributed by atoms with Crippen LogP contribution in [-0.4, -0.2) is 17.9 Å². The van der Waals surface area contributed by atoms with Gasteiger partial charge >= 0.3 is 0 Å². The molecule has 96 valence electrons. The minimum Gasteiger partial charge on any atom is -0.342 e. The van der Waals surface area contributed by atoms with Gasteiger partial charge in [-0.05, 0) is 31.2 Å². The summed E-state index contributed by atoms with van der Waals surface area (Å²) in [6.07, 6.45) is 0.946. The molecule has 1 aromatic rings.